The molecule has 8 nitrogen and oxygen atoms in total. The quantitative estimate of drug-likeness (QED) is 0.489. The van der Waals surface area contributed by atoms with Crippen LogP contribution in [0.2, 0.25) is 0 Å². The van der Waals surface area contributed by atoms with Gasteiger partial charge in [0, 0.05) is 19.2 Å². The summed E-state index contributed by atoms with van der Waals surface area (Å²) in [4.78, 5) is 30.6. The molecule has 4 aromatic rings. The van der Waals surface area contributed by atoms with E-state index in [1.165, 1.54) is 5.56 Å². The van der Waals surface area contributed by atoms with E-state index in [-0.39, 0.29) is 11.1 Å². The SMILES string of the molecule is COc1ccc2nc3nc(NCc4ccc(CN(C)C)cc4)[nH]c(=O)c3nc2c1. The number of rotatable bonds is 6. The number of aromatic amines is 1. The first-order valence-electron chi connectivity index (χ1n) is 9.24. The van der Waals surface area contributed by atoms with E-state index < -0.39 is 0 Å². The Labute approximate surface area is 167 Å². The van der Waals surface area contributed by atoms with Crippen molar-refractivity contribution in [3.05, 3.63) is 63.9 Å². The van der Waals surface area contributed by atoms with E-state index >= 15 is 0 Å². The maximum atomic E-state index is 12.5. The molecule has 0 radical (unpaired) electrons. The van der Waals surface area contributed by atoms with Crippen LogP contribution >= 0.6 is 0 Å². The molecule has 148 valence electrons. The normalized spacial score (nSPS) is 11.3. The third kappa shape index (κ3) is 4.17. The summed E-state index contributed by atoms with van der Waals surface area (Å²) >= 11 is 0. The van der Waals surface area contributed by atoms with Crippen LogP contribution < -0.4 is 15.6 Å². The highest BCUT2D eigenvalue weighted by atomic mass is 16.5. The number of ether oxygens (including phenoxy) is 1. The highest BCUT2D eigenvalue weighted by molar-refractivity contribution is 5.85. The minimum absolute atomic E-state index is 0.198. The van der Waals surface area contributed by atoms with Gasteiger partial charge in [-0.05, 0) is 37.4 Å². The van der Waals surface area contributed by atoms with Crippen LogP contribution in [0.4, 0.5) is 5.95 Å². The highest BCUT2D eigenvalue weighted by Gasteiger charge is 2.10. The molecule has 0 unspecified atom stereocenters. The number of aromatic nitrogens is 4. The number of nitrogens with zero attached hydrogens (tertiary/aromatic N) is 4. The Hall–Kier alpha value is -3.52. The molecule has 2 N–H and O–H groups in total. The molecule has 2 heterocycles. The number of fused-ring (bicyclic) bond motifs is 2. The molecular formula is C21H22N6O2. The van der Waals surface area contributed by atoms with Gasteiger partial charge < -0.3 is 15.0 Å². The first kappa shape index (κ1) is 18.8. The Morgan fingerprint density at radius 1 is 1.00 bits per heavy atom. The van der Waals surface area contributed by atoms with Crippen LogP contribution in [0.1, 0.15) is 11.1 Å². The zero-order valence-electron chi connectivity index (χ0n) is 16.6. The maximum absolute atomic E-state index is 12.5. The Morgan fingerprint density at radius 3 is 2.48 bits per heavy atom. The standard InChI is InChI=1S/C21H22N6O2/c1-27(2)12-14-6-4-13(5-7-14)11-22-21-25-19-18(20(28)26-21)23-17-10-15(29-3)8-9-16(17)24-19/h4-10H,11-12H2,1-3H3,(H2,22,24,25,26,28). The lowest BCUT2D eigenvalue weighted by Crippen LogP contribution is -2.15. The van der Waals surface area contributed by atoms with Crippen molar-refractivity contribution in [2.45, 2.75) is 13.1 Å². The maximum Gasteiger partial charge on any atom is 0.280 e. The average Bonchev–Trinajstić information content (AvgIpc) is 2.71. The van der Waals surface area contributed by atoms with Gasteiger partial charge >= 0.3 is 0 Å². The van der Waals surface area contributed by atoms with Crippen LogP contribution in [0, 0.1) is 0 Å². The second kappa shape index (κ2) is 7.84. The topological polar surface area (TPSA) is 96.0 Å². The van der Waals surface area contributed by atoms with Gasteiger partial charge in [0.25, 0.3) is 5.56 Å². The Morgan fingerprint density at radius 2 is 1.76 bits per heavy atom. The zero-order chi connectivity index (χ0) is 20.4. The van der Waals surface area contributed by atoms with Crippen molar-refractivity contribution >= 4 is 28.1 Å². The van der Waals surface area contributed by atoms with E-state index in [0.717, 1.165) is 12.1 Å². The van der Waals surface area contributed by atoms with Gasteiger partial charge in [-0.15, -0.1) is 0 Å². The van der Waals surface area contributed by atoms with E-state index in [4.69, 9.17) is 4.74 Å². The Balaban J connectivity index is 1.58. The van der Waals surface area contributed by atoms with Crippen molar-refractivity contribution in [1.29, 1.82) is 0 Å². The summed E-state index contributed by atoms with van der Waals surface area (Å²) in [6, 6.07) is 13.7. The summed E-state index contributed by atoms with van der Waals surface area (Å²) in [5.74, 6) is 1.02. The van der Waals surface area contributed by atoms with Crippen LogP contribution in [0.25, 0.3) is 22.2 Å². The lowest BCUT2D eigenvalue weighted by molar-refractivity contribution is 0.402. The molecule has 0 fully saturated rings. The van der Waals surface area contributed by atoms with Gasteiger partial charge in [0.1, 0.15) is 5.75 Å². The van der Waals surface area contributed by atoms with Gasteiger partial charge in [-0.2, -0.15) is 4.98 Å². The van der Waals surface area contributed by atoms with Crippen LogP contribution in [-0.2, 0) is 13.1 Å². The largest absolute Gasteiger partial charge is 0.497 e. The number of hydrogen-bond acceptors (Lipinski definition) is 7. The summed E-state index contributed by atoms with van der Waals surface area (Å²) in [5.41, 5.74) is 3.74. The van der Waals surface area contributed by atoms with E-state index in [1.807, 2.05) is 14.1 Å². The minimum atomic E-state index is -0.337. The fraction of sp³-hybridized carbons (Fsp3) is 0.238. The molecule has 0 spiro atoms. The van der Waals surface area contributed by atoms with Crippen molar-refractivity contribution in [2.24, 2.45) is 0 Å². The monoisotopic (exact) mass is 390 g/mol. The predicted octanol–water partition coefficient (Wildman–Crippen LogP) is 2.55. The molecular weight excluding hydrogens is 368 g/mol. The van der Waals surface area contributed by atoms with Crippen molar-refractivity contribution in [2.75, 3.05) is 26.5 Å². The van der Waals surface area contributed by atoms with E-state index in [2.05, 4.69) is 54.4 Å². The number of hydrogen-bond donors (Lipinski definition) is 2. The number of benzene rings is 2. The fourth-order valence-corrected chi connectivity index (χ4v) is 3.08. The Bertz CT molecular complexity index is 1220. The van der Waals surface area contributed by atoms with Crippen LogP contribution in [-0.4, -0.2) is 46.0 Å². The molecule has 0 bridgehead atoms. The fourth-order valence-electron chi connectivity index (χ4n) is 3.08. The minimum Gasteiger partial charge on any atom is -0.497 e. The third-order valence-corrected chi connectivity index (χ3v) is 4.50. The lowest BCUT2D eigenvalue weighted by Gasteiger charge is -2.10. The summed E-state index contributed by atoms with van der Waals surface area (Å²) in [5, 5.41) is 3.16. The van der Waals surface area contributed by atoms with Crippen molar-refractivity contribution in [3.63, 3.8) is 0 Å². The predicted molar refractivity (Wildman–Crippen MR) is 113 cm³/mol. The third-order valence-electron chi connectivity index (χ3n) is 4.50. The zero-order valence-corrected chi connectivity index (χ0v) is 16.6. The molecule has 0 amide bonds. The molecule has 2 aromatic carbocycles. The van der Waals surface area contributed by atoms with Gasteiger partial charge in [-0.25, -0.2) is 9.97 Å². The van der Waals surface area contributed by atoms with Gasteiger partial charge in [-0.1, -0.05) is 24.3 Å². The van der Waals surface area contributed by atoms with E-state index in [9.17, 15) is 4.79 Å². The number of H-pyrrole nitrogens is 1. The van der Waals surface area contributed by atoms with E-state index in [0.29, 0.717) is 34.9 Å². The summed E-state index contributed by atoms with van der Waals surface area (Å²) in [7, 11) is 5.66. The molecule has 4 rings (SSSR count). The molecule has 29 heavy (non-hydrogen) atoms. The van der Waals surface area contributed by atoms with Gasteiger partial charge in [0.15, 0.2) is 11.2 Å². The molecule has 0 saturated carbocycles. The highest BCUT2D eigenvalue weighted by Crippen LogP contribution is 2.19. The summed E-state index contributed by atoms with van der Waals surface area (Å²) in [6.07, 6.45) is 0. The first-order valence-corrected chi connectivity index (χ1v) is 9.24. The molecule has 0 aliphatic heterocycles. The number of nitrogens with one attached hydrogen (secondary N) is 2. The van der Waals surface area contributed by atoms with Crippen molar-refractivity contribution < 1.29 is 4.74 Å². The molecule has 8 heteroatoms. The molecule has 0 saturated heterocycles. The van der Waals surface area contributed by atoms with Crippen LogP contribution in [0.5, 0.6) is 5.75 Å². The summed E-state index contributed by atoms with van der Waals surface area (Å²) < 4.78 is 5.20. The van der Waals surface area contributed by atoms with E-state index in [1.54, 1.807) is 25.3 Å². The molecule has 0 aliphatic rings. The first-order chi connectivity index (χ1) is 14.0. The van der Waals surface area contributed by atoms with Crippen LogP contribution in [0.15, 0.2) is 47.3 Å². The summed E-state index contributed by atoms with van der Waals surface area (Å²) in [6.45, 7) is 1.43. The number of methoxy groups -OCH3 is 1. The molecule has 2 aromatic heterocycles. The number of anilines is 1. The smallest absolute Gasteiger partial charge is 0.280 e. The van der Waals surface area contributed by atoms with Gasteiger partial charge in [0.2, 0.25) is 5.95 Å². The Kier molecular flexibility index (Phi) is 5.09. The van der Waals surface area contributed by atoms with Crippen LogP contribution in [0.3, 0.4) is 0 Å². The second-order valence-electron chi connectivity index (χ2n) is 7.07. The van der Waals surface area contributed by atoms with Crippen molar-refractivity contribution in [1.82, 2.24) is 24.8 Å². The van der Waals surface area contributed by atoms with Gasteiger partial charge in [-0.3, -0.25) is 9.78 Å². The van der Waals surface area contributed by atoms with Crippen molar-refractivity contribution in [3.8, 4) is 5.75 Å². The second-order valence-corrected chi connectivity index (χ2v) is 7.07. The average molecular weight is 390 g/mol. The van der Waals surface area contributed by atoms with Gasteiger partial charge in [0.05, 0.1) is 18.1 Å². The molecule has 0 aliphatic carbocycles. The lowest BCUT2D eigenvalue weighted by atomic mass is 10.1. The molecule has 0 atom stereocenters.